The second-order valence-electron chi connectivity index (χ2n) is 5.22. The number of aromatic nitrogens is 1. The van der Waals surface area contributed by atoms with Crippen LogP contribution < -0.4 is 4.90 Å². The molecule has 2 heterocycles. The molecule has 0 atom stereocenters. The fraction of sp³-hybridized carbons (Fsp3) is 0.250. The van der Waals surface area contributed by atoms with Crippen LogP contribution in [0, 0.1) is 5.82 Å². The van der Waals surface area contributed by atoms with Crippen LogP contribution in [0.25, 0.3) is 0 Å². The van der Waals surface area contributed by atoms with Gasteiger partial charge in [-0.25, -0.2) is 4.39 Å². The molecular formula is C16H16FN3O. The van der Waals surface area contributed by atoms with Gasteiger partial charge in [-0.05, 0) is 24.7 Å². The molecule has 1 aliphatic rings. The molecule has 0 spiro atoms. The van der Waals surface area contributed by atoms with E-state index in [-0.39, 0.29) is 11.5 Å². The third kappa shape index (κ3) is 2.78. The maximum absolute atomic E-state index is 13.3. The summed E-state index contributed by atoms with van der Waals surface area (Å²) in [6.07, 6.45) is 2.50. The molecule has 4 nitrogen and oxygen atoms in total. The lowest BCUT2D eigenvalue weighted by Gasteiger charge is -2.22. The van der Waals surface area contributed by atoms with Gasteiger partial charge in [0, 0.05) is 31.5 Å². The van der Waals surface area contributed by atoms with Crippen molar-refractivity contribution in [2.45, 2.75) is 6.54 Å². The maximum atomic E-state index is 13.3. The van der Waals surface area contributed by atoms with Gasteiger partial charge in [0.05, 0.1) is 11.8 Å². The van der Waals surface area contributed by atoms with E-state index in [1.54, 1.807) is 4.90 Å². The number of pyridine rings is 1. The van der Waals surface area contributed by atoms with Crippen molar-refractivity contribution in [3.63, 3.8) is 0 Å². The molecule has 0 radical (unpaired) electrons. The van der Waals surface area contributed by atoms with E-state index in [1.165, 1.54) is 12.3 Å². The zero-order valence-corrected chi connectivity index (χ0v) is 11.8. The molecule has 1 amide bonds. The zero-order valence-electron chi connectivity index (χ0n) is 11.8. The zero-order chi connectivity index (χ0) is 14.8. The third-order valence-electron chi connectivity index (χ3n) is 3.62. The highest BCUT2D eigenvalue weighted by Gasteiger charge is 2.24. The molecule has 0 fully saturated rings. The normalized spacial score (nSPS) is 15.4. The van der Waals surface area contributed by atoms with E-state index in [0.717, 1.165) is 30.5 Å². The van der Waals surface area contributed by atoms with Crippen LogP contribution in [0.3, 0.4) is 0 Å². The van der Waals surface area contributed by atoms with Crippen LogP contribution >= 0.6 is 0 Å². The average Bonchev–Trinajstić information content (AvgIpc) is 2.65. The lowest BCUT2D eigenvalue weighted by molar-refractivity contribution is 0.0985. The number of likely N-dealkylation sites (N-methyl/N-ethyl adjacent to an activating group) is 1. The number of nitrogens with zero attached hydrogens (tertiary/aromatic N) is 3. The van der Waals surface area contributed by atoms with Gasteiger partial charge in [-0.2, -0.15) is 0 Å². The molecule has 0 saturated heterocycles. The minimum Gasteiger partial charge on any atom is -0.307 e. The highest BCUT2D eigenvalue weighted by molar-refractivity contribution is 6.06. The van der Waals surface area contributed by atoms with Crippen LogP contribution in [-0.4, -0.2) is 35.9 Å². The predicted molar refractivity (Wildman–Crippen MR) is 78.6 cm³/mol. The van der Waals surface area contributed by atoms with Crippen LogP contribution in [0.15, 0.2) is 42.7 Å². The van der Waals surface area contributed by atoms with E-state index in [4.69, 9.17) is 0 Å². The van der Waals surface area contributed by atoms with Crippen LogP contribution in [0.4, 0.5) is 10.1 Å². The van der Waals surface area contributed by atoms with Crippen molar-refractivity contribution < 1.29 is 9.18 Å². The molecule has 0 aliphatic carbocycles. The van der Waals surface area contributed by atoms with Crippen molar-refractivity contribution in [3.05, 3.63) is 59.7 Å². The summed E-state index contributed by atoms with van der Waals surface area (Å²) in [5, 5.41) is 0. The predicted octanol–water partition coefficient (Wildman–Crippen LogP) is 2.31. The summed E-state index contributed by atoms with van der Waals surface area (Å²) in [5.74, 6) is -0.717. The van der Waals surface area contributed by atoms with Gasteiger partial charge >= 0.3 is 0 Å². The summed E-state index contributed by atoms with van der Waals surface area (Å²) in [5.41, 5.74) is 2.25. The Labute approximate surface area is 122 Å². The molecule has 5 heteroatoms. The average molecular weight is 285 g/mol. The number of hydrogen-bond donors (Lipinski definition) is 0. The fourth-order valence-electron chi connectivity index (χ4n) is 2.56. The molecule has 1 aromatic carbocycles. The summed E-state index contributed by atoms with van der Waals surface area (Å²) in [7, 11) is 2.02. The summed E-state index contributed by atoms with van der Waals surface area (Å²) < 4.78 is 13.3. The van der Waals surface area contributed by atoms with Crippen LogP contribution in [-0.2, 0) is 6.54 Å². The summed E-state index contributed by atoms with van der Waals surface area (Å²) >= 11 is 0. The first-order valence-corrected chi connectivity index (χ1v) is 6.84. The van der Waals surface area contributed by atoms with Crippen LogP contribution in [0.5, 0.6) is 0 Å². The lowest BCUT2D eigenvalue weighted by Crippen LogP contribution is -2.35. The number of carbonyl (C=O) groups is 1. The Morgan fingerprint density at radius 1 is 1.24 bits per heavy atom. The molecule has 1 aromatic heterocycles. The monoisotopic (exact) mass is 285 g/mol. The standard InChI is InChI=1S/C16H16FN3O/c1-19-6-7-20(15-5-3-2-4-12(15)11-19)16(21)13-8-14(17)10-18-9-13/h2-5,8-10H,6-7,11H2,1H3. The van der Waals surface area contributed by atoms with Crippen molar-refractivity contribution in [2.24, 2.45) is 0 Å². The summed E-state index contributed by atoms with van der Waals surface area (Å²) in [6, 6.07) is 9.05. The van der Waals surface area contributed by atoms with Crippen LogP contribution in [0.2, 0.25) is 0 Å². The summed E-state index contributed by atoms with van der Waals surface area (Å²) in [4.78, 5) is 20.3. The van der Waals surface area contributed by atoms with Gasteiger partial charge in [0.15, 0.2) is 0 Å². The minimum atomic E-state index is -0.499. The SMILES string of the molecule is CN1CCN(C(=O)c2cncc(F)c2)c2ccccc2C1. The Balaban J connectivity index is 2.00. The Kier molecular flexibility index (Phi) is 3.66. The van der Waals surface area contributed by atoms with E-state index in [1.807, 2.05) is 31.3 Å². The molecule has 0 unspecified atom stereocenters. The smallest absolute Gasteiger partial charge is 0.259 e. The summed E-state index contributed by atoms with van der Waals surface area (Å²) in [6.45, 7) is 2.13. The first-order chi connectivity index (χ1) is 10.1. The van der Waals surface area contributed by atoms with Crippen molar-refractivity contribution in [1.29, 1.82) is 0 Å². The molecule has 1 aliphatic heterocycles. The van der Waals surface area contributed by atoms with Crippen molar-refractivity contribution >= 4 is 11.6 Å². The Morgan fingerprint density at radius 2 is 2.05 bits per heavy atom. The number of benzene rings is 1. The van der Waals surface area contributed by atoms with E-state index in [0.29, 0.717) is 6.54 Å². The number of carbonyl (C=O) groups excluding carboxylic acids is 1. The molecule has 2 aromatic rings. The molecular weight excluding hydrogens is 269 g/mol. The Morgan fingerprint density at radius 3 is 2.86 bits per heavy atom. The number of halogens is 1. The molecule has 0 saturated carbocycles. The van der Waals surface area contributed by atoms with Gasteiger partial charge in [0.2, 0.25) is 0 Å². The van der Waals surface area contributed by atoms with Crippen molar-refractivity contribution in [2.75, 3.05) is 25.0 Å². The lowest BCUT2D eigenvalue weighted by atomic mass is 10.1. The Bertz CT molecular complexity index is 674. The largest absolute Gasteiger partial charge is 0.307 e. The van der Waals surface area contributed by atoms with Crippen molar-refractivity contribution in [1.82, 2.24) is 9.88 Å². The number of fused-ring (bicyclic) bond motifs is 1. The molecule has 108 valence electrons. The minimum absolute atomic E-state index is 0.218. The number of anilines is 1. The van der Waals surface area contributed by atoms with E-state index >= 15 is 0 Å². The number of rotatable bonds is 1. The second kappa shape index (κ2) is 5.61. The molecule has 21 heavy (non-hydrogen) atoms. The van der Waals surface area contributed by atoms with Gasteiger partial charge in [-0.3, -0.25) is 9.78 Å². The van der Waals surface area contributed by atoms with Gasteiger partial charge in [-0.15, -0.1) is 0 Å². The number of hydrogen-bond acceptors (Lipinski definition) is 3. The van der Waals surface area contributed by atoms with Crippen LogP contribution in [0.1, 0.15) is 15.9 Å². The number of para-hydroxylation sites is 1. The highest BCUT2D eigenvalue weighted by atomic mass is 19.1. The fourth-order valence-corrected chi connectivity index (χ4v) is 2.56. The first kappa shape index (κ1) is 13.7. The van der Waals surface area contributed by atoms with Gasteiger partial charge < -0.3 is 9.80 Å². The van der Waals surface area contributed by atoms with Gasteiger partial charge in [0.25, 0.3) is 5.91 Å². The second-order valence-corrected chi connectivity index (χ2v) is 5.22. The number of amides is 1. The van der Waals surface area contributed by atoms with E-state index in [2.05, 4.69) is 9.88 Å². The maximum Gasteiger partial charge on any atom is 0.259 e. The van der Waals surface area contributed by atoms with E-state index < -0.39 is 5.82 Å². The highest BCUT2D eigenvalue weighted by Crippen LogP contribution is 2.25. The van der Waals surface area contributed by atoms with Gasteiger partial charge in [0.1, 0.15) is 5.82 Å². The quantitative estimate of drug-likeness (QED) is 0.807. The topological polar surface area (TPSA) is 36.4 Å². The van der Waals surface area contributed by atoms with Crippen molar-refractivity contribution in [3.8, 4) is 0 Å². The third-order valence-corrected chi connectivity index (χ3v) is 3.62. The van der Waals surface area contributed by atoms with Gasteiger partial charge in [-0.1, -0.05) is 18.2 Å². The Hall–Kier alpha value is -2.27. The first-order valence-electron chi connectivity index (χ1n) is 6.84. The molecule has 0 N–H and O–H groups in total. The molecule has 3 rings (SSSR count). The van der Waals surface area contributed by atoms with E-state index in [9.17, 15) is 9.18 Å². The molecule has 0 bridgehead atoms.